The third-order valence-electron chi connectivity index (χ3n) is 6.85. The molecule has 0 N–H and O–H groups in total. The lowest BCUT2D eigenvalue weighted by molar-refractivity contribution is -0.384. The number of rotatable bonds is 7. The summed E-state index contributed by atoms with van der Waals surface area (Å²) >= 11 is 7.18. The Hall–Kier alpha value is -3.57. The number of nitro benzene ring substituents is 1. The highest BCUT2D eigenvalue weighted by Crippen LogP contribution is 2.44. The van der Waals surface area contributed by atoms with Crippen molar-refractivity contribution in [2.75, 3.05) is 4.90 Å². The molecule has 1 saturated carbocycles. The minimum absolute atomic E-state index is 0.0223. The number of esters is 1. The summed E-state index contributed by atoms with van der Waals surface area (Å²) in [6, 6.07) is 18.9. The Morgan fingerprint density at radius 3 is 1.87 bits per heavy atom. The molecule has 39 heavy (non-hydrogen) atoms. The molecule has 2 fully saturated rings. The van der Waals surface area contributed by atoms with Gasteiger partial charge >= 0.3 is 5.97 Å². The van der Waals surface area contributed by atoms with E-state index in [1.54, 1.807) is 48.5 Å². The van der Waals surface area contributed by atoms with E-state index >= 15 is 0 Å². The van der Waals surface area contributed by atoms with Gasteiger partial charge in [0.05, 0.1) is 28.0 Å². The standard InChI is InChI=1S/C28H22Br2N2O7/c29-24-13-22-23(14-25(24)30)27(34)31(26(22)33)18-5-3-17(4-6-18)28(35)38-15-16-1-9-20(10-2-16)39-21-11-7-19(8-12-21)32(36)37/h1-12,22-25H,13-15H2/t22-,23-,24+,25+/m1/s1. The Morgan fingerprint density at radius 1 is 0.846 bits per heavy atom. The van der Waals surface area contributed by atoms with Crippen molar-refractivity contribution in [2.45, 2.75) is 29.1 Å². The van der Waals surface area contributed by atoms with Crippen LogP contribution >= 0.6 is 31.9 Å². The van der Waals surface area contributed by atoms with E-state index in [1.165, 1.54) is 29.2 Å². The molecule has 2 amide bonds. The molecular weight excluding hydrogens is 636 g/mol. The Labute approximate surface area is 240 Å². The molecule has 0 aromatic heterocycles. The molecule has 9 nitrogen and oxygen atoms in total. The topological polar surface area (TPSA) is 116 Å². The number of halogens is 2. The molecule has 5 rings (SSSR count). The van der Waals surface area contributed by atoms with Crippen LogP contribution in [0.1, 0.15) is 28.8 Å². The summed E-state index contributed by atoms with van der Waals surface area (Å²) in [5, 5.41) is 10.8. The summed E-state index contributed by atoms with van der Waals surface area (Å²) in [6.07, 6.45) is 1.19. The number of non-ortho nitro benzene ring substituents is 1. The predicted octanol–water partition coefficient (Wildman–Crippen LogP) is 6.17. The van der Waals surface area contributed by atoms with Gasteiger partial charge in [-0.25, -0.2) is 4.79 Å². The van der Waals surface area contributed by atoms with Crippen LogP contribution in [0.4, 0.5) is 11.4 Å². The normalized spacial score (nSPS) is 22.4. The second-order valence-corrected chi connectivity index (χ2v) is 11.7. The number of ether oxygens (including phenoxy) is 2. The van der Waals surface area contributed by atoms with Crippen LogP contribution in [0, 0.1) is 22.0 Å². The quantitative estimate of drug-likeness (QED) is 0.0981. The molecule has 2 aliphatic rings. The fourth-order valence-electron chi connectivity index (χ4n) is 4.75. The average molecular weight is 658 g/mol. The van der Waals surface area contributed by atoms with E-state index in [4.69, 9.17) is 9.47 Å². The summed E-state index contributed by atoms with van der Waals surface area (Å²) in [5.74, 6) is -0.643. The van der Waals surface area contributed by atoms with Gasteiger partial charge in [0, 0.05) is 21.8 Å². The first-order valence-corrected chi connectivity index (χ1v) is 14.0. The Balaban J connectivity index is 1.16. The van der Waals surface area contributed by atoms with E-state index in [0.29, 0.717) is 35.6 Å². The highest BCUT2D eigenvalue weighted by Gasteiger charge is 2.52. The molecule has 1 aliphatic heterocycles. The van der Waals surface area contributed by atoms with Gasteiger partial charge in [-0.1, -0.05) is 44.0 Å². The van der Waals surface area contributed by atoms with Crippen molar-refractivity contribution in [2.24, 2.45) is 11.8 Å². The zero-order valence-electron chi connectivity index (χ0n) is 20.4. The molecule has 0 spiro atoms. The number of amides is 2. The maximum Gasteiger partial charge on any atom is 0.338 e. The molecule has 4 atom stereocenters. The van der Waals surface area contributed by atoms with Crippen molar-refractivity contribution in [3.05, 3.63) is 94.0 Å². The van der Waals surface area contributed by atoms with Crippen molar-refractivity contribution >= 4 is 61.0 Å². The largest absolute Gasteiger partial charge is 0.457 e. The highest BCUT2D eigenvalue weighted by molar-refractivity contribution is 9.12. The summed E-state index contributed by atoms with van der Waals surface area (Å²) in [7, 11) is 0. The molecule has 1 saturated heterocycles. The maximum absolute atomic E-state index is 13.0. The van der Waals surface area contributed by atoms with Gasteiger partial charge in [0.25, 0.3) is 5.69 Å². The number of hydrogen-bond acceptors (Lipinski definition) is 7. The van der Waals surface area contributed by atoms with Crippen LogP contribution in [-0.2, 0) is 20.9 Å². The number of hydrogen-bond donors (Lipinski definition) is 0. The van der Waals surface area contributed by atoms with Crippen molar-refractivity contribution in [1.82, 2.24) is 0 Å². The number of nitrogens with zero attached hydrogens (tertiary/aromatic N) is 2. The number of alkyl halides is 2. The smallest absolute Gasteiger partial charge is 0.338 e. The zero-order chi connectivity index (χ0) is 27.7. The van der Waals surface area contributed by atoms with Gasteiger partial charge in [-0.15, -0.1) is 0 Å². The van der Waals surface area contributed by atoms with Crippen LogP contribution in [0.2, 0.25) is 0 Å². The van der Waals surface area contributed by atoms with Crippen LogP contribution in [0.25, 0.3) is 0 Å². The highest BCUT2D eigenvalue weighted by atomic mass is 79.9. The van der Waals surface area contributed by atoms with E-state index in [1.807, 2.05) is 0 Å². The Kier molecular flexibility index (Phi) is 7.81. The second-order valence-electron chi connectivity index (χ2n) is 9.35. The third-order valence-corrected chi connectivity index (χ3v) is 9.58. The van der Waals surface area contributed by atoms with Gasteiger partial charge in [0.1, 0.15) is 18.1 Å². The molecule has 0 radical (unpaired) electrons. The number of carbonyl (C=O) groups is 3. The van der Waals surface area contributed by atoms with E-state index in [0.717, 1.165) is 5.56 Å². The minimum atomic E-state index is -0.537. The van der Waals surface area contributed by atoms with E-state index in [9.17, 15) is 24.5 Å². The summed E-state index contributed by atoms with van der Waals surface area (Å²) in [6.45, 7) is 0.0340. The molecule has 1 aliphatic carbocycles. The van der Waals surface area contributed by atoms with Gasteiger partial charge in [-0.3, -0.25) is 24.6 Å². The number of benzene rings is 3. The number of anilines is 1. The molecule has 1 heterocycles. The summed E-state index contributed by atoms with van der Waals surface area (Å²) in [4.78, 5) is 50.3. The molecule has 0 bridgehead atoms. The van der Waals surface area contributed by atoms with Crippen molar-refractivity contribution in [3.63, 3.8) is 0 Å². The Morgan fingerprint density at radius 2 is 1.36 bits per heavy atom. The minimum Gasteiger partial charge on any atom is -0.457 e. The van der Waals surface area contributed by atoms with Gasteiger partial charge in [-0.2, -0.15) is 0 Å². The first-order valence-electron chi connectivity index (χ1n) is 12.2. The molecule has 0 unspecified atom stereocenters. The van der Waals surface area contributed by atoms with E-state index in [2.05, 4.69) is 31.9 Å². The lowest BCUT2D eigenvalue weighted by Gasteiger charge is -2.29. The number of fused-ring (bicyclic) bond motifs is 1. The lowest BCUT2D eigenvalue weighted by atomic mass is 9.81. The monoisotopic (exact) mass is 656 g/mol. The molecular formula is C28H22Br2N2O7. The molecule has 200 valence electrons. The van der Waals surface area contributed by atoms with Crippen LogP contribution < -0.4 is 9.64 Å². The fraction of sp³-hybridized carbons (Fsp3) is 0.250. The Bertz CT molecular complexity index is 1380. The van der Waals surface area contributed by atoms with Gasteiger partial charge in [0.2, 0.25) is 11.8 Å². The van der Waals surface area contributed by atoms with Crippen LogP contribution in [-0.4, -0.2) is 32.4 Å². The molecule has 3 aromatic rings. The van der Waals surface area contributed by atoms with Crippen molar-refractivity contribution in [1.29, 1.82) is 0 Å². The second kappa shape index (κ2) is 11.3. The first-order chi connectivity index (χ1) is 18.7. The molecule has 11 heteroatoms. The summed E-state index contributed by atoms with van der Waals surface area (Å²) < 4.78 is 11.1. The maximum atomic E-state index is 13.0. The zero-order valence-corrected chi connectivity index (χ0v) is 23.5. The van der Waals surface area contributed by atoms with Crippen LogP contribution in [0.5, 0.6) is 11.5 Å². The fourth-order valence-corrected chi connectivity index (χ4v) is 5.99. The van der Waals surface area contributed by atoms with Crippen LogP contribution in [0.15, 0.2) is 72.8 Å². The summed E-state index contributed by atoms with van der Waals surface area (Å²) in [5.41, 5.74) is 1.46. The number of carbonyl (C=O) groups excluding carboxylic acids is 3. The molecule has 3 aromatic carbocycles. The van der Waals surface area contributed by atoms with Crippen LogP contribution in [0.3, 0.4) is 0 Å². The lowest BCUT2D eigenvalue weighted by Crippen LogP contribution is -2.34. The number of nitro groups is 1. The van der Waals surface area contributed by atoms with E-state index < -0.39 is 10.9 Å². The predicted molar refractivity (Wildman–Crippen MR) is 149 cm³/mol. The number of imide groups is 1. The van der Waals surface area contributed by atoms with Crippen molar-refractivity contribution < 1.29 is 28.8 Å². The SMILES string of the molecule is O=C(OCc1ccc(Oc2ccc([N+](=O)[O-])cc2)cc1)c1ccc(N2C(=O)[C@@H]3C[C@H](Br)[C@@H](Br)C[C@H]3C2=O)cc1. The van der Waals surface area contributed by atoms with Gasteiger partial charge in [0.15, 0.2) is 0 Å². The third kappa shape index (κ3) is 5.74. The average Bonchev–Trinajstić information content (AvgIpc) is 3.17. The van der Waals surface area contributed by atoms with Gasteiger partial charge in [-0.05, 0) is 66.9 Å². The van der Waals surface area contributed by atoms with Crippen molar-refractivity contribution in [3.8, 4) is 11.5 Å². The first kappa shape index (κ1) is 27.0. The van der Waals surface area contributed by atoms with E-state index in [-0.39, 0.29) is 45.6 Å². The van der Waals surface area contributed by atoms with Gasteiger partial charge < -0.3 is 9.47 Å².